The van der Waals surface area contributed by atoms with Crippen molar-refractivity contribution in [1.82, 2.24) is 14.9 Å². The number of hydrogen-bond donors (Lipinski definition) is 1. The van der Waals surface area contributed by atoms with E-state index in [4.69, 9.17) is 17.3 Å². The second kappa shape index (κ2) is 5.65. The number of aromatic nitrogens is 2. The quantitative estimate of drug-likeness (QED) is 0.789. The van der Waals surface area contributed by atoms with Gasteiger partial charge in [-0.15, -0.1) is 0 Å². The van der Waals surface area contributed by atoms with Crippen LogP contribution in [0.15, 0.2) is 11.1 Å². The lowest BCUT2D eigenvalue weighted by molar-refractivity contribution is 0.391. The van der Waals surface area contributed by atoms with Gasteiger partial charge in [-0.05, 0) is 0 Å². The number of nitrogens with zero attached hydrogens (tertiary/aromatic N) is 5. The van der Waals surface area contributed by atoms with Crippen LogP contribution in [0.2, 0.25) is 5.15 Å². The Morgan fingerprint density at radius 2 is 1.95 bits per heavy atom. The molecule has 0 aliphatic carbocycles. The molecule has 6 nitrogen and oxygen atoms in total. The number of rotatable bonds is 1. The zero-order valence-electron chi connectivity index (χ0n) is 11.3. The predicted octanol–water partition coefficient (Wildman–Crippen LogP) is 1.33. The minimum atomic E-state index is 0.222. The highest BCUT2D eigenvalue weighted by Gasteiger charge is 2.25. The molecule has 3 heterocycles. The van der Waals surface area contributed by atoms with E-state index in [1.54, 1.807) is 6.07 Å². The third-order valence-corrected chi connectivity index (χ3v) is 4.71. The average Bonchev–Trinajstić information content (AvgIpc) is 2.84. The van der Waals surface area contributed by atoms with Crippen molar-refractivity contribution in [1.29, 1.82) is 0 Å². The molecule has 0 saturated carbocycles. The van der Waals surface area contributed by atoms with Crippen LogP contribution in [0, 0.1) is 0 Å². The van der Waals surface area contributed by atoms with Gasteiger partial charge in [0.2, 0.25) is 5.95 Å². The zero-order chi connectivity index (χ0) is 14.1. The van der Waals surface area contributed by atoms with Crippen LogP contribution in [-0.2, 0) is 0 Å². The Hall–Kier alpha value is -1.21. The summed E-state index contributed by atoms with van der Waals surface area (Å²) in [5.41, 5.74) is 5.64. The van der Waals surface area contributed by atoms with Crippen molar-refractivity contribution in [2.75, 3.05) is 43.4 Å². The Bertz CT molecular complexity index is 508. The number of piperazine rings is 1. The van der Waals surface area contributed by atoms with Gasteiger partial charge in [0.15, 0.2) is 5.17 Å². The molecular weight excluding hydrogens is 296 g/mol. The van der Waals surface area contributed by atoms with Gasteiger partial charge in [0, 0.05) is 37.5 Å². The number of amidine groups is 1. The first-order chi connectivity index (χ1) is 9.61. The molecule has 0 bridgehead atoms. The molecule has 8 heteroatoms. The van der Waals surface area contributed by atoms with Crippen LogP contribution in [-0.4, -0.2) is 58.0 Å². The Morgan fingerprint density at radius 1 is 1.25 bits per heavy atom. The van der Waals surface area contributed by atoms with E-state index >= 15 is 0 Å². The van der Waals surface area contributed by atoms with Gasteiger partial charge in [0.05, 0.1) is 6.54 Å². The highest BCUT2D eigenvalue weighted by atomic mass is 35.5. The Labute approximate surface area is 127 Å². The normalized spacial score (nSPS) is 23.1. The number of hydrogen-bond acceptors (Lipinski definition) is 7. The molecule has 1 atom stereocenters. The molecule has 1 aromatic heterocycles. The second-order valence-electron chi connectivity index (χ2n) is 4.93. The molecule has 0 aromatic carbocycles. The Morgan fingerprint density at radius 3 is 2.55 bits per heavy atom. The first kappa shape index (κ1) is 13.8. The summed E-state index contributed by atoms with van der Waals surface area (Å²) in [5.74, 6) is 1.02. The molecule has 1 saturated heterocycles. The topological polar surface area (TPSA) is 70.6 Å². The van der Waals surface area contributed by atoms with Gasteiger partial charge in [-0.3, -0.25) is 4.99 Å². The molecule has 0 spiro atoms. The molecule has 0 radical (unpaired) electrons. The molecule has 2 N–H and O–H groups in total. The lowest BCUT2D eigenvalue weighted by Gasteiger charge is -2.36. The van der Waals surface area contributed by atoms with Gasteiger partial charge in [-0.1, -0.05) is 30.3 Å². The summed E-state index contributed by atoms with van der Waals surface area (Å²) in [6.45, 7) is 6.81. The molecular formula is C12H17ClN6S. The van der Waals surface area contributed by atoms with E-state index in [9.17, 15) is 0 Å². The smallest absolute Gasteiger partial charge is 0.223 e. The van der Waals surface area contributed by atoms with Crippen molar-refractivity contribution < 1.29 is 0 Å². The molecule has 20 heavy (non-hydrogen) atoms. The zero-order valence-corrected chi connectivity index (χ0v) is 12.9. The highest BCUT2D eigenvalue weighted by molar-refractivity contribution is 8.14. The first-order valence-corrected chi connectivity index (χ1v) is 7.88. The lowest BCUT2D eigenvalue weighted by atomic mass is 10.3. The van der Waals surface area contributed by atoms with Crippen molar-refractivity contribution in [3.05, 3.63) is 11.2 Å². The minimum absolute atomic E-state index is 0.222. The van der Waals surface area contributed by atoms with Crippen molar-refractivity contribution in [2.24, 2.45) is 4.99 Å². The third-order valence-electron chi connectivity index (χ3n) is 3.36. The monoisotopic (exact) mass is 312 g/mol. The fraction of sp³-hybridized carbons (Fsp3) is 0.583. The molecule has 1 aromatic rings. The maximum atomic E-state index is 5.93. The van der Waals surface area contributed by atoms with Crippen molar-refractivity contribution in [2.45, 2.75) is 12.2 Å². The van der Waals surface area contributed by atoms with E-state index in [-0.39, 0.29) is 5.95 Å². The van der Waals surface area contributed by atoms with Gasteiger partial charge in [0.1, 0.15) is 11.0 Å². The number of halogens is 1. The first-order valence-electron chi connectivity index (χ1n) is 6.63. The molecule has 2 aliphatic rings. The van der Waals surface area contributed by atoms with E-state index in [0.717, 1.165) is 38.5 Å². The Kier molecular flexibility index (Phi) is 3.89. The summed E-state index contributed by atoms with van der Waals surface area (Å²) in [7, 11) is 0. The van der Waals surface area contributed by atoms with Crippen molar-refractivity contribution in [3.8, 4) is 0 Å². The highest BCUT2D eigenvalue weighted by Crippen LogP contribution is 2.25. The number of aliphatic imine (C=N–C) groups is 1. The Balaban J connectivity index is 1.63. The summed E-state index contributed by atoms with van der Waals surface area (Å²) in [6, 6.07) is 1.76. The summed E-state index contributed by atoms with van der Waals surface area (Å²) >= 11 is 7.79. The van der Waals surface area contributed by atoms with Crippen molar-refractivity contribution >= 4 is 40.3 Å². The van der Waals surface area contributed by atoms with Crippen LogP contribution in [0.4, 0.5) is 11.8 Å². The number of anilines is 2. The van der Waals surface area contributed by atoms with Crippen LogP contribution in [0.25, 0.3) is 0 Å². The SMILES string of the molecule is C[C@@H]1CN=C(N2CCN(c3cc(Cl)nc(N)n3)CC2)S1. The van der Waals surface area contributed by atoms with Crippen LogP contribution in [0.3, 0.4) is 0 Å². The summed E-state index contributed by atoms with van der Waals surface area (Å²) in [4.78, 5) is 17.2. The molecule has 0 amide bonds. The summed E-state index contributed by atoms with van der Waals surface area (Å²) < 4.78 is 0. The molecule has 108 valence electrons. The maximum Gasteiger partial charge on any atom is 0.223 e. The van der Waals surface area contributed by atoms with Crippen LogP contribution < -0.4 is 10.6 Å². The number of nitrogen functional groups attached to an aromatic ring is 1. The number of thioether (sulfide) groups is 1. The van der Waals surface area contributed by atoms with E-state index < -0.39 is 0 Å². The van der Waals surface area contributed by atoms with E-state index in [1.165, 1.54) is 5.17 Å². The second-order valence-corrected chi connectivity index (χ2v) is 6.73. The molecule has 0 unspecified atom stereocenters. The molecule has 1 fully saturated rings. The van der Waals surface area contributed by atoms with E-state index in [0.29, 0.717) is 10.4 Å². The minimum Gasteiger partial charge on any atom is -0.368 e. The third kappa shape index (κ3) is 2.93. The van der Waals surface area contributed by atoms with Gasteiger partial charge in [-0.2, -0.15) is 4.98 Å². The van der Waals surface area contributed by atoms with E-state index in [1.807, 2.05) is 11.8 Å². The van der Waals surface area contributed by atoms with Gasteiger partial charge < -0.3 is 15.5 Å². The van der Waals surface area contributed by atoms with Crippen LogP contribution in [0.5, 0.6) is 0 Å². The fourth-order valence-corrected chi connectivity index (χ4v) is 3.52. The maximum absolute atomic E-state index is 5.93. The van der Waals surface area contributed by atoms with Crippen LogP contribution >= 0.6 is 23.4 Å². The van der Waals surface area contributed by atoms with Gasteiger partial charge in [-0.25, -0.2) is 4.98 Å². The standard InChI is InChI=1S/C12H17ClN6S/c1-8-7-15-12(20-8)19-4-2-18(3-5-19)10-6-9(13)16-11(14)17-10/h6,8H,2-5,7H2,1H3,(H2,14,16,17)/t8-/m1/s1. The van der Waals surface area contributed by atoms with Crippen LogP contribution in [0.1, 0.15) is 6.92 Å². The molecule has 2 aliphatic heterocycles. The predicted molar refractivity (Wildman–Crippen MR) is 84.6 cm³/mol. The fourth-order valence-electron chi connectivity index (χ4n) is 2.35. The number of nitrogens with two attached hydrogens (primary N) is 1. The largest absolute Gasteiger partial charge is 0.368 e. The van der Waals surface area contributed by atoms with Crippen molar-refractivity contribution in [3.63, 3.8) is 0 Å². The van der Waals surface area contributed by atoms with Gasteiger partial charge in [0.25, 0.3) is 0 Å². The molecule has 3 rings (SSSR count). The summed E-state index contributed by atoms with van der Waals surface area (Å²) in [6.07, 6.45) is 0. The van der Waals surface area contributed by atoms with Gasteiger partial charge >= 0.3 is 0 Å². The summed E-state index contributed by atoms with van der Waals surface area (Å²) in [5, 5.41) is 2.17. The van der Waals surface area contributed by atoms with E-state index in [2.05, 4.69) is 31.7 Å². The average molecular weight is 313 g/mol. The lowest BCUT2D eigenvalue weighted by Crippen LogP contribution is -2.48.